The van der Waals surface area contributed by atoms with Crippen molar-refractivity contribution in [1.29, 1.82) is 5.26 Å². The van der Waals surface area contributed by atoms with Crippen LogP contribution >= 0.6 is 0 Å². The normalized spacial score (nSPS) is 12.1. The molecule has 2 aromatic rings. The Bertz CT molecular complexity index is 624. The van der Waals surface area contributed by atoms with E-state index in [1.807, 2.05) is 37.4 Å². The third-order valence-electron chi connectivity index (χ3n) is 3.21. The van der Waals surface area contributed by atoms with Gasteiger partial charge in [-0.15, -0.1) is 0 Å². The van der Waals surface area contributed by atoms with E-state index in [2.05, 4.69) is 11.1 Å². The summed E-state index contributed by atoms with van der Waals surface area (Å²) in [4.78, 5) is 16.9. The van der Waals surface area contributed by atoms with Crippen LogP contribution in [0.5, 0.6) is 0 Å². The molecule has 0 fully saturated rings. The third-order valence-corrected chi connectivity index (χ3v) is 3.21. The lowest BCUT2D eigenvalue weighted by Gasteiger charge is -2.18. The molecule has 1 heterocycles. The third kappa shape index (κ3) is 2.94. The molecule has 1 aromatic carbocycles. The summed E-state index contributed by atoms with van der Waals surface area (Å²) in [6.07, 6.45) is 2.24. The van der Waals surface area contributed by atoms with Crippen molar-refractivity contribution in [3.05, 3.63) is 36.0 Å². The first-order valence-electron chi connectivity index (χ1n) is 6.30. The number of para-hydroxylation sites is 1. The maximum Gasteiger partial charge on any atom is 0.226 e. The lowest BCUT2D eigenvalue weighted by molar-refractivity contribution is -0.129. The molecule has 1 amide bonds. The summed E-state index contributed by atoms with van der Waals surface area (Å²) in [6.45, 7) is 2.28. The van der Waals surface area contributed by atoms with E-state index in [-0.39, 0.29) is 11.8 Å². The fourth-order valence-corrected chi connectivity index (χ4v) is 2.13. The van der Waals surface area contributed by atoms with Crippen LogP contribution in [0.2, 0.25) is 0 Å². The first-order valence-corrected chi connectivity index (χ1v) is 6.30. The van der Waals surface area contributed by atoms with Crippen molar-refractivity contribution in [3.63, 3.8) is 0 Å². The zero-order chi connectivity index (χ0) is 13.8. The number of hydrogen-bond donors (Lipinski definition) is 1. The number of H-pyrrole nitrogens is 1. The Hall–Kier alpha value is -2.28. The topological polar surface area (TPSA) is 59.9 Å². The van der Waals surface area contributed by atoms with Gasteiger partial charge in [-0.05, 0) is 18.6 Å². The van der Waals surface area contributed by atoms with Crippen LogP contribution < -0.4 is 0 Å². The minimum absolute atomic E-state index is 0.0341. The molecule has 1 unspecified atom stereocenters. The SMILES string of the molecule is CC(C#N)CN(C)C(=O)Cc1c[nH]c2ccccc12. The van der Waals surface area contributed by atoms with Gasteiger partial charge >= 0.3 is 0 Å². The highest BCUT2D eigenvalue weighted by Gasteiger charge is 2.14. The minimum Gasteiger partial charge on any atom is -0.361 e. The van der Waals surface area contributed by atoms with Gasteiger partial charge in [0, 0.05) is 30.7 Å². The van der Waals surface area contributed by atoms with E-state index in [1.54, 1.807) is 11.9 Å². The predicted molar refractivity (Wildman–Crippen MR) is 74.4 cm³/mol. The van der Waals surface area contributed by atoms with Crippen LogP contribution in [0.4, 0.5) is 0 Å². The van der Waals surface area contributed by atoms with Crippen LogP contribution in [-0.4, -0.2) is 29.4 Å². The van der Waals surface area contributed by atoms with Gasteiger partial charge in [0.05, 0.1) is 18.4 Å². The molecule has 19 heavy (non-hydrogen) atoms. The average Bonchev–Trinajstić information content (AvgIpc) is 2.82. The average molecular weight is 255 g/mol. The number of nitrogens with zero attached hydrogens (tertiary/aromatic N) is 2. The fourth-order valence-electron chi connectivity index (χ4n) is 2.13. The van der Waals surface area contributed by atoms with E-state index >= 15 is 0 Å². The minimum atomic E-state index is -0.142. The first-order chi connectivity index (χ1) is 9.11. The molecule has 0 aliphatic rings. The molecule has 1 aromatic heterocycles. The van der Waals surface area contributed by atoms with E-state index in [0.717, 1.165) is 16.5 Å². The molecule has 1 N–H and O–H groups in total. The molecule has 0 spiro atoms. The zero-order valence-electron chi connectivity index (χ0n) is 11.2. The van der Waals surface area contributed by atoms with Gasteiger partial charge in [0.1, 0.15) is 0 Å². The van der Waals surface area contributed by atoms with Crippen LogP contribution in [0, 0.1) is 17.2 Å². The van der Waals surface area contributed by atoms with Gasteiger partial charge in [0.2, 0.25) is 5.91 Å². The summed E-state index contributed by atoms with van der Waals surface area (Å²) in [6, 6.07) is 10.1. The van der Waals surface area contributed by atoms with Crippen molar-refractivity contribution in [2.24, 2.45) is 5.92 Å². The van der Waals surface area contributed by atoms with Crippen molar-refractivity contribution >= 4 is 16.8 Å². The number of benzene rings is 1. The standard InChI is InChI=1S/C15H17N3O/c1-11(8-16)10-18(2)15(19)7-12-9-17-14-6-4-3-5-13(12)14/h3-6,9,11,17H,7,10H2,1-2H3. The molecule has 0 aliphatic heterocycles. The summed E-state index contributed by atoms with van der Waals surface area (Å²) in [5, 5.41) is 9.85. The van der Waals surface area contributed by atoms with E-state index < -0.39 is 0 Å². The summed E-state index contributed by atoms with van der Waals surface area (Å²) in [5.41, 5.74) is 2.04. The number of rotatable bonds is 4. The molecular weight excluding hydrogens is 238 g/mol. The Morgan fingerprint density at radius 3 is 2.95 bits per heavy atom. The molecule has 4 heteroatoms. The Morgan fingerprint density at radius 2 is 2.21 bits per heavy atom. The molecule has 4 nitrogen and oxygen atoms in total. The summed E-state index contributed by atoms with van der Waals surface area (Å²) in [5.74, 6) is -0.108. The van der Waals surface area contributed by atoms with Crippen LogP contribution in [-0.2, 0) is 11.2 Å². The molecule has 2 rings (SSSR count). The Morgan fingerprint density at radius 1 is 1.47 bits per heavy atom. The Labute approximate surface area is 112 Å². The van der Waals surface area contributed by atoms with Crippen LogP contribution in [0.15, 0.2) is 30.5 Å². The van der Waals surface area contributed by atoms with Crippen LogP contribution in [0.25, 0.3) is 10.9 Å². The van der Waals surface area contributed by atoms with Gasteiger partial charge in [-0.25, -0.2) is 0 Å². The number of carbonyl (C=O) groups excluding carboxylic acids is 1. The molecule has 0 saturated heterocycles. The Balaban J connectivity index is 2.09. The van der Waals surface area contributed by atoms with Gasteiger partial charge in [-0.2, -0.15) is 5.26 Å². The second-order valence-electron chi connectivity index (χ2n) is 4.84. The van der Waals surface area contributed by atoms with Crippen molar-refractivity contribution in [2.45, 2.75) is 13.3 Å². The van der Waals surface area contributed by atoms with Crippen molar-refractivity contribution in [2.75, 3.05) is 13.6 Å². The number of amides is 1. The van der Waals surface area contributed by atoms with E-state index in [9.17, 15) is 4.79 Å². The van der Waals surface area contributed by atoms with Crippen molar-refractivity contribution in [3.8, 4) is 6.07 Å². The largest absolute Gasteiger partial charge is 0.361 e. The second-order valence-corrected chi connectivity index (χ2v) is 4.84. The first kappa shape index (κ1) is 13.2. The number of carbonyl (C=O) groups is 1. The maximum atomic E-state index is 12.1. The number of aromatic nitrogens is 1. The van der Waals surface area contributed by atoms with Crippen LogP contribution in [0.1, 0.15) is 12.5 Å². The van der Waals surface area contributed by atoms with E-state index in [4.69, 9.17) is 5.26 Å². The van der Waals surface area contributed by atoms with Gasteiger partial charge in [-0.3, -0.25) is 4.79 Å². The van der Waals surface area contributed by atoms with Gasteiger partial charge in [-0.1, -0.05) is 18.2 Å². The van der Waals surface area contributed by atoms with E-state index in [0.29, 0.717) is 13.0 Å². The fraction of sp³-hybridized carbons (Fsp3) is 0.333. The monoisotopic (exact) mass is 255 g/mol. The van der Waals surface area contributed by atoms with Crippen molar-refractivity contribution in [1.82, 2.24) is 9.88 Å². The maximum absolute atomic E-state index is 12.1. The number of fused-ring (bicyclic) bond motifs is 1. The molecular formula is C15H17N3O. The second kappa shape index (κ2) is 5.57. The molecule has 98 valence electrons. The smallest absolute Gasteiger partial charge is 0.226 e. The van der Waals surface area contributed by atoms with Gasteiger partial charge in [0.25, 0.3) is 0 Å². The number of nitriles is 1. The van der Waals surface area contributed by atoms with Crippen molar-refractivity contribution < 1.29 is 4.79 Å². The number of hydrogen-bond acceptors (Lipinski definition) is 2. The Kier molecular flexibility index (Phi) is 3.86. The van der Waals surface area contributed by atoms with Gasteiger partial charge < -0.3 is 9.88 Å². The highest BCUT2D eigenvalue weighted by Crippen LogP contribution is 2.18. The highest BCUT2D eigenvalue weighted by molar-refractivity contribution is 5.88. The quantitative estimate of drug-likeness (QED) is 0.911. The predicted octanol–water partition coefficient (Wildman–Crippen LogP) is 2.33. The molecule has 0 saturated carbocycles. The number of likely N-dealkylation sites (N-methyl/N-ethyl adjacent to an activating group) is 1. The lowest BCUT2D eigenvalue weighted by Crippen LogP contribution is -2.31. The number of aromatic amines is 1. The molecule has 0 radical (unpaired) electrons. The zero-order valence-corrected chi connectivity index (χ0v) is 11.2. The van der Waals surface area contributed by atoms with Crippen LogP contribution in [0.3, 0.4) is 0 Å². The lowest BCUT2D eigenvalue weighted by atomic mass is 10.1. The molecule has 1 atom stereocenters. The molecule has 0 bridgehead atoms. The number of nitrogens with one attached hydrogen (secondary N) is 1. The molecule has 0 aliphatic carbocycles. The summed E-state index contributed by atoms with van der Waals surface area (Å²) < 4.78 is 0. The summed E-state index contributed by atoms with van der Waals surface area (Å²) in [7, 11) is 1.74. The van der Waals surface area contributed by atoms with Gasteiger partial charge in [0.15, 0.2) is 0 Å². The van der Waals surface area contributed by atoms with E-state index in [1.165, 1.54) is 0 Å². The highest BCUT2D eigenvalue weighted by atomic mass is 16.2. The summed E-state index contributed by atoms with van der Waals surface area (Å²) >= 11 is 0.